The van der Waals surface area contributed by atoms with E-state index in [2.05, 4.69) is 26.0 Å². The smallest absolute Gasteiger partial charge is 0.132 e. The highest BCUT2D eigenvalue weighted by Gasteiger charge is 2.14. The Morgan fingerprint density at radius 1 is 1.44 bits per heavy atom. The number of nitrogens with two attached hydrogens (primary N) is 1. The summed E-state index contributed by atoms with van der Waals surface area (Å²) >= 11 is 3.50. The minimum atomic E-state index is 0.500. The molecule has 0 saturated heterocycles. The van der Waals surface area contributed by atoms with Gasteiger partial charge in [-0.25, -0.2) is 4.98 Å². The molecule has 5 nitrogen and oxygen atoms in total. The summed E-state index contributed by atoms with van der Waals surface area (Å²) in [6, 6.07) is 2.01. The molecule has 96 valence electrons. The van der Waals surface area contributed by atoms with E-state index < -0.39 is 0 Å². The van der Waals surface area contributed by atoms with Crippen LogP contribution in [0.4, 0.5) is 5.82 Å². The molecule has 0 bridgehead atoms. The van der Waals surface area contributed by atoms with Gasteiger partial charge in [0, 0.05) is 18.9 Å². The van der Waals surface area contributed by atoms with Crippen molar-refractivity contribution in [3.8, 4) is 11.3 Å². The van der Waals surface area contributed by atoms with Gasteiger partial charge in [0.2, 0.25) is 0 Å². The fourth-order valence-electron chi connectivity index (χ4n) is 1.75. The second-order valence-corrected chi connectivity index (χ2v) is 4.86. The minimum Gasteiger partial charge on any atom is -0.383 e. The molecular weight excluding hydrogens is 296 g/mol. The number of halogens is 1. The zero-order valence-electron chi connectivity index (χ0n) is 10.4. The molecule has 18 heavy (non-hydrogen) atoms. The zero-order chi connectivity index (χ0) is 13.1. The fraction of sp³-hybridized carbons (Fsp3) is 0.333. The predicted molar refractivity (Wildman–Crippen MR) is 74.2 cm³/mol. The van der Waals surface area contributed by atoms with Crippen LogP contribution in [-0.4, -0.2) is 28.5 Å². The summed E-state index contributed by atoms with van der Waals surface area (Å²) in [6.45, 7) is 3.25. The van der Waals surface area contributed by atoms with E-state index in [1.807, 2.05) is 17.7 Å². The lowest BCUT2D eigenvalue weighted by Crippen LogP contribution is -2.08. The van der Waals surface area contributed by atoms with Gasteiger partial charge in [0.05, 0.1) is 29.5 Å². The molecule has 0 unspecified atom stereocenters. The van der Waals surface area contributed by atoms with Crippen LogP contribution in [0.1, 0.15) is 5.56 Å². The van der Waals surface area contributed by atoms with Crippen LogP contribution in [-0.2, 0) is 11.3 Å². The van der Waals surface area contributed by atoms with Crippen molar-refractivity contribution in [2.75, 3.05) is 19.5 Å². The molecular formula is C12H15BrN4O. The minimum absolute atomic E-state index is 0.500. The van der Waals surface area contributed by atoms with Gasteiger partial charge in [0.15, 0.2) is 0 Å². The van der Waals surface area contributed by atoms with Crippen LogP contribution >= 0.6 is 15.9 Å². The van der Waals surface area contributed by atoms with Crippen molar-refractivity contribution in [3.63, 3.8) is 0 Å². The third-order valence-electron chi connectivity index (χ3n) is 2.61. The summed E-state index contributed by atoms with van der Waals surface area (Å²) < 4.78 is 7.84. The van der Waals surface area contributed by atoms with E-state index in [0.717, 1.165) is 21.3 Å². The van der Waals surface area contributed by atoms with Crippen LogP contribution in [0.25, 0.3) is 11.3 Å². The number of nitrogen functional groups attached to an aromatic ring is 1. The maximum Gasteiger partial charge on any atom is 0.132 e. The first-order valence-electron chi connectivity index (χ1n) is 5.56. The molecule has 2 rings (SSSR count). The van der Waals surface area contributed by atoms with Crippen LogP contribution in [0.15, 0.2) is 22.9 Å². The second kappa shape index (κ2) is 5.49. The molecule has 0 saturated carbocycles. The number of ether oxygens (including phenoxy) is 1. The molecule has 0 fully saturated rings. The van der Waals surface area contributed by atoms with Crippen molar-refractivity contribution < 1.29 is 4.74 Å². The van der Waals surface area contributed by atoms with Crippen molar-refractivity contribution >= 4 is 21.7 Å². The largest absolute Gasteiger partial charge is 0.383 e. The summed E-state index contributed by atoms with van der Waals surface area (Å²) in [5.41, 5.74) is 8.82. The normalized spacial score (nSPS) is 10.8. The topological polar surface area (TPSA) is 66.0 Å². The molecule has 2 N–H and O–H groups in total. The molecule has 0 radical (unpaired) electrons. The Bertz CT molecular complexity index is 553. The van der Waals surface area contributed by atoms with Crippen molar-refractivity contribution in [3.05, 3.63) is 28.5 Å². The van der Waals surface area contributed by atoms with Gasteiger partial charge in [-0.2, -0.15) is 5.10 Å². The molecule has 0 aromatic carbocycles. The molecule has 2 aromatic heterocycles. The number of pyridine rings is 1. The van der Waals surface area contributed by atoms with Crippen molar-refractivity contribution in [1.29, 1.82) is 0 Å². The highest BCUT2D eigenvalue weighted by molar-refractivity contribution is 9.10. The molecule has 0 aliphatic heterocycles. The third kappa shape index (κ3) is 2.54. The quantitative estimate of drug-likeness (QED) is 0.940. The average molecular weight is 311 g/mol. The number of nitrogens with zero attached hydrogens (tertiary/aromatic N) is 3. The van der Waals surface area contributed by atoms with Crippen LogP contribution in [0.3, 0.4) is 0 Å². The fourth-order valence-corrected chi connectivity index (χ4v) is 2.26. The van der Waals surface area contributed by atoms with E-state index >= 15 is 0 Å². The lowest BCUT2D eigenvalue weighted by molar-refractivity contribution is 0.184. The van der Waals surface area contributed by atoms with Gasteiger partial charge in [-0.15, -0.1) is 0 Å². The lowest BCUT2D eigenvalue weighted by atomic mass is 10.1. The zero-order valence-corrected chi connectivity index (χ0v) is 11.9. The Morgan fingerprint density at radius 2 is 2.22 bits per heavy atom. The number of aryl methyl sites for hydroxylation is 1. The van der Waals surface area contributed by atoms with Crippen molar-refractivity contribution in [2.24, 2.45) is 0 Å². The standard InChI is InChI=1S/C12H15BrN4O/c1-8-5-9(12(14)15-6-8)11-10(13)7-16-17(11)3-4-18-2/h5-7H,3-4H2,1-2H3,(H2,14,15). The van der Waals surface area contributed by atoms with E-state index in [4.69, 9.17) is 10.5 Å². The highest BCUT2D eigenvalue weighted by atomic mass is 79.9. The Labute approximate surface area is 114 Å². The van der Waals surface area contributed by atoms with Crippen LogP contribution in [0, 0.1) is 6.92 Å². The maximum absolute atomic E-state index is 5.94. The SMILES string of the molecule is COCCn1ncc(Br)c1-c1cc(C)cnc1N. The number of methoxy groups -OCH3 is 1. The molecule has 0 amide bonds. The number of rotatable bonds is 4. The summed E-state index contributed by atoms with van der Waals surface area (Å²) in [4.78, 5) is 4.18. The summed E-state index contributed by atoms with van der Waals surface area (Å²) in [5, 5.41) is 4.31. The number of anilines is 1. The van der Waals surface area contributed by atoms with E-state index in [9.17, 15) is 0 Å². The van der Waals surface area contributed by atoms with Crippen LogP contribution in [0.5, 0.6) is 0 Å². The van der Waals surface area contributed by atoms with Crippen LogP contribution < -0.4 is 5.73 Å². The van der Waals surface area contributed by atoms with E-state index in [0.29, 0.717) is 19.0 Å². The molecule has 2 aromatic rings. The summed E-state index contributed by atoms with van der Waals surface area (Å²) in [5.74, 6) is 0.500. The molecule has 0 aliphatic rings. The van der Waals surface area contributed by atoms with E-state index in [-0.39, 0.29) is 0 Å². The van der Waals surface area contributed by atoms with E-state index in [1.54, 1.807) is 19.5 Å². The van der Waals surface area contributed by atoms with Crippen molar-refractivity contribution in [1.82, 2.24) is 14.8 Å². The Morgan fingerprint density at radius 3 is 2.94 bits per heavy atom. The van der Waals surface area contributed by atoms with Gasteiger partial charge in [0.1, 0.15) is 5.82 Å². The first kappa shape index (κ1) is 13.0. The van der Waals surface area contributed by atoms with Gasteiger partial charge in [-0.1, -0.05) is 0 Å². The van der Waals surface area contributed by atoms with Gasteiger partial charge in [0.25, 0.3) is 0 Å². The summed E-state index contributed by atoms with van der Waals surface area (Å²) in [6.07, 6.45) is 3.51. The van der Waals surface area contributed by atoms with Gasteiger partial charge in [-0.3, -0.25) is 4.68 Å². The third-order valence-corrected chi connectivity index (χ3v) is 3.19. The predicted octanol–water partition coefficient (Wildman–Crippen LogP) is 2.24. The molecule has 0 atom stereocenters. The average Bonchev–Trinajstić information content (AvgIpc) is 2.71. The first-order valence-corrected chi connectivity index (χ1v) is 6.35. The maximum atomic E-state index is 5.94. The van der Waals surface area contributed by atoms with Crippen molar-refractivity contribution in [2.45, 2.75) is 13.5 Å². The summed E-state index contributed by atoms with van der Waals surface area (Å²) in [7, 11) is 1.67. The molecule has 6 heteroatoms. The number of aromatic nitrogens is 3. The molecule has 0 aliphatic carbocycles. The first-order chi connectivity index (χ1) is 8.63. The number of hydrogen-bond donors (Lipinski definition) is 1. The van der Waals surface area contributed by atoms with Crippen LogP contribution in [0.2, 0.25) is 0 Å². The molecule has 2 heterocycles. The van der Waals surface area contributed by atoms with Gasteiger partial charge >= 0.3 is 0 Å². The lowest BCUT2D eigenvalue weighted by Gasteiger charge is -2.10. The van der Waals surface area contributed by atoms with Gasteiger partial charge in [-0.05, 0) is 34.5 Å². The highest BCUT2D eigenvalue weighted by Crippen LogP contribution is 2.31. The Balaban J connectivity index is 2.48. The Hall–Kier alpha value is -1.40. The Kier molecular flexibility index (Phi) is 3.98. The second-order valence-electron chi connectivity index (χ2n) is 4.00. The van der Waals surface area contributed by atoms with Gasteiger partial charge < -0.3 is 10.5 Å². The monoisotopic (exact) mass is 310 g/mol. The number of hydrogen-bond acceptors (Lipinski definition) is 4. The van der Waals surface area contributed by atoms with E-state index in [1.165, 1.54) is 0 Å². The molecule has 0 spiro atoms.